The maximum atomic E-state index is 4.42. The fourth-order valence-electron chi connectivity index (χ4n) is 1.54. The molecule has 3 heterocycles. The summed E-state index contributed by atoms with van der Waals surface area (Å²) in [6.07, 6.45) is 0. The van der Waals surface area contributed by atoms with Crippen LogP contribution in [0.5, 0.6) is 0 Å². The Labute approximate surface area is 101 Å². The van der Waals surface area contributed by atoms with Crippen LogP contribution in [0, 0.1) is 0 Å². The van der Waals surface area contributed by atoms with E-state index in [2.05, 4.69) is 32.8 Å². The third kappa shape index (κ3) is 1.53. The van der Waals surface area contributed by atoms with Gasteiger partial charge < -0.3 is 4.90 Å². The van der Waals surface area contributed by atoms with Crippen LogP contribution in [0.3, 0.4) is 0 Å². The van der Waals surface area contributed by atoms with Gasteiger partial charge in [-0.3, -0.25) is 4.99 Å². The predicted molar refractivity (Wildman–Crippen MR) is 69.2 cm³/mol. The van der Waals surface area contributed by atoms with Crippen molar-refractivity contribution < 1.29 is 0 Å². The summed E-state index contributed by atoms with van der Waals surface area (Å²) in [5.74, 6) is 0. The third-order valence-electron chi connectivity index (χ3n) is 2.14. The lowest BCUT2D eigenvalue weighted by Crippen LogP contribution is -2.19. The molecular formula is C9H9BrN2S2. The summed E-state index contributed by atoms with van der Waals surface area (Å²) in [6.45, 7) is 2.00. The van der Waals surface area contributed by atoms with Crippen molar-refractivity contribution >= 4 is 50.9 Å². The molecule has 14 heavy (non-hydrogen) atoms. The van der Waals surface area contributed by atoms with Crippen molar-refractivity contribution in [3.8, 4) is 0 Å². The average molecular weight is 289 g/mol. The smallest absolute Gasteiger partial charge is 0.168 e. The van der Waals surface area contributed by atoms with Crippen LogP contribution in [-0.2, 0) is 0 Å². The fraction of sp³-hybridized carbons (Fsp3) is 0.222. The van der Waals surface area contributed by atoms with Crippen molar-refractivity contribution in [2.24, 2.45) is 4.99 Å². The largest absolute Gasteiger partial charge is 0.317 e. The molecule has 3 rings (SSSR count). The number of nitrogens with zero attached hydrogens (tertiary/aromatic N) is 2. The molecule has 0 saturated carbocycles. The Bertz CT molecular complexity index is 384. The van der Waals surface area contributed by atoms with Crippen molar-refractivity contribution in [1.29, 1.82) is 0 Å². The van der Waals surface area contributed by atoms with E-state index >= 15 is 0 Å². The lowest BCUT2D eigenvalue weighted by atomic mass is 10.3. The van der Waals surface area contributed by atoms with E-state index in [1.54, 1.807) is 23.1 Å². The molecule has 0 unspecified atom stereocenters. The molecule has 74 valence electrons. The Hall–Kier alpha value is -0.260. The Morgan fingerprint density at radius 1 is 1.43 bits per heavy atom. The lowest BCUT2D eigenvalue weighted by molar-refractivity contribution is 0.652. The Kier molecular flexibility index (Phi) is 2.99. The average Bonchev–Trinajstić information content (AvgIpc) is 2.79. The highest BCUT2D eigenvalue weighted by molar-refractivity contribution is 8.93. The highest BCUT2D eigenvalue weighted by atomic mass is 79.9. The minimum absolute atomic E-state index is 0. The predicted octanol–water partition coefficient (Wildman–Crippen LogP) is 3.04. The van der Waals surface area contributed by atoms with Gasteiger partial charge in [-0.15, -0.1) is 28.3 Å². The Morgan fingerprint density at radius 2 is 2.36 bits per heavy atom. The van der Waals surface area contributed by atoms with Crippen LogP contribution in [0.2, 0.25) is 0 Å². The molecule has 2 aliphatic rings. The van der Waals surface area contributed by atoms with E-state index in [0.717, 1.165) is 13.1 Å². The van der Waals surface area contributed by atoms with Gasteiger partial charge in [0.15, 0.2) is 5.17 Å². The summed E-state index contributed by atoms with van der Waals surface area (Å²) >= 11 is 3.53. The maximum Gasteiger partial charge on any atom is 0.168 e. The van der Waals surface area contributed by atoms with Crippen molar-refractivity contribution in [3.05, 3.63) is 27.8 Å². The summed E-state index contributed by atoms with van der Waals surface area (Å²) < 4.78 is 0. The quantitative estimate of drug-likeness (QED) is 0.789. The first kappa shape index (κ1) is 10.3. The molecule has 5 heteroatoms. The number of thiophene rings is 1. The van der Waals surface area contributed by atoms with Gasteiger partial charge in [-0.1, -0.05) is 17.8 Å². The first-order chi connectivity index (χ1) is 6.45. The standard InChI is InChI=1S/C9H8N2S2.BrH/c1-2-8(12-5-1)7-6-13-9-10-3-4-11(7)9;/h1-2,5-6H,3-4H2;1H. The van der Waals surface area contributed by atoms with Gasteiger partial charge in [0.2, 0.25) is 0 Å². The topological polar surface area (TPSA) is 15.6 Å². The number of fused-ring (bicyclic) bond motifs is 1. The van der Waals surface area contributed by atoms with Gasteiger partial charge in [0.1, 0.15) is 0 Å². The first-order valence-electron chi connectivity index (χ1n) is 4.18. The number of aliphatic imine (C=N–C) groups is 1. The molecule has 0 aliphatic carbocycles. The minimum Gasteiger partial charge on any atom is -0.317 e. The second-order valence-electron chi connectivity index (χ2n) is 2.91. The van der Waals surface area contributed by atoms with Crippen LogP contribution < -0.4 is 0 Å². The highest BCUT2D eigenvalue weighted by Crippen LogP contribution is 2.36. The molecule has 0 amide bonds. The summed E-state index contributed by atoms with van der Waals surface area (Å²) in [5, 5.41) is 5.49. The zero-order valence-electron chi connectivity index (χ0n) is 7.34. The molecule has 1 aromatic heterocycles. The van der Waals surface area contributed by atoms with Crippen LogP contribution in [0.25, 0.3) is 5.70 Å². The maximum absolute atomic E-state index is 4.42. The van der Waals surface area contributed by atoms with Gasteiger partial charge in [-0.05, 0) is 11.4 Å². The second-order valence-corrected chi connectivity index (χ2v) is 4.70. The molecule has 0 N–H and O–H groups in total. The molecule has 1 aromatic rings. The van der Waals surface area contributed by atoms with Crippen LogP contribution in [0.4, 0.5) is 0 Å². The van der Waals surface area contributed by atoms with Gasteiger partial charge in [0.25, 0.3) is 0 Å². The number of hydrogen-bond donors (Lipinski definition) is 0. The number of thioether (sulfide) groups is 1. The van der Waals surface area contributed by atoms with E-state index in [0.29, 0.717) is 0 Å². The van der Waals surface area contributed by atoms with Gasteiger partial charge in [0, 0.05) is 12.0 Å². The van der Waals surface area contributed by atoms with Gasteiger partial charge >= 0.3 is 0 Å². The van der Waals surface area contributed by atoms with E-state index in [1.165, 1.54) is 15.7 Å². The number of hydrogen-bond acceptors (Lipinski definition) is 4. The lowest BCUT2D eigenvalue weighted by Gasteiger charge is -2.14. The molecular weight excluding hydrogens is 280 g/mol. The van der Waals surface area contributed by atoms with Gasteiger partial charge in [-0.25, -0.2) is 0 Å². The molecule has 2 aliphatic heterocycles. The summed E-state index contributed by atoms with van der Waals surface area (Å²) in [6, 6.07) is 4.26. The highest BCUT2D eigenvalue weighted by Gasteiger charge is 2.27. The number of rotatable bonds is 1. The van der Waals surface area contributed by atoms with Crippen LogP contribution in [0.15, 0.2) is 27.9 Å². The molecule has 0 aromatic carbocycles. The minimum atomic E-state index is 0. The summed E-state index contributed by atoms with van der Waals surface area (Å²) in [7, 11) is 0. The van der Waals surface area contributed by atoms with Gasteiger partial charge in [0.05, 0.1) is 17.1 Å². The van der Waals surface area contributed by atoms with E-state index in [-0.39, 0.29) is 17.0 Å². The third-order valence-corrected chi connectivity index (χ3v) is 3.94. The van der Waals surface area contributed by atoms with Crippen molar-refractivity contribution in [3.63, 3.8) is 0 Å². The van der Waals surface area contributed by atoms with Crippen molar-refractivity contribution in [2.45, 2.75) is 0 Å². The molecule has 0 saturated heterocycles. The normalized spacial score (nSPS) is 18.7. The zero-order chi connectivity index (χ0) is 8.67. The van der Waals surface area contributed by atoms with Gasteiger partial charge in [-0.2, -0.15) is 0 Å². The second kappa shape index (κ2) is 4.08. The summed E-state index contributed by atoms with van der Waals surface area (Å²) in [5.41, 5.74) is 1.33. The van der Waals surface area contributed by atoms with Crippen molar-refractivity contribution in [1.82, 2.24) is 4.90 Å². The monoisotopic (exact) mass is 288 g/mol. The molecule has 0 radical (unpaired) electrons. The summed E-state index contributed by atoms with van der Waals surface area (Å²) in [4.78, 5) is 8.06. The zero-order valence-corrected chi connectivity index (χ0v) is 10.7. The number of halogens is 1. The molecule has 0 atom stereocenters. The first-order valence-corrected chi connectivity index (χ1v) is 5.94. The van der Waals surface area contributed by atoms with Crippen LogP contribution >= 0.6 is 40.1 Å². The Balaban J connectivity index is 0.000000750. The SMILES string of the molecule is Br.C1=C(c2cccs2)N2CCN=C2S1. The van der Waals surface area contributed by atoms with Crippen LogP contribution in [0.1, 0.15) is 4.88 Å². The molecule has 0 bridgehead atoms. The van der Waals surface area contributed by atoms with E-state index in [1.807, 2.05) is 0 Å². The molecule has 2 nitrogen and oxygen atoms in total. The van der Waals surface area contributed by atoms with E-state index in [9.17, 15) is 0 Å². The molecule has 0 spiro atoms. The van der Waals surface area contributed by atoms with Crippen LogP contribution in [-0.4, -0.2) is 23.2 Å². The molecule has 0 fully saturated rings. The van der Waals surface area contributed by atoms with E-state index in [4.69, 9.17) is 0 Å². The van der Waals surface area contributed by atoms with E-state index < -0.39 is 0 Å². The van der Waals surface area contributed by atoms with Crippen molar-refractivity contribution in [2.75, 3.05) is 13.1 Å². The fourth-order valence-corrected chi connectivity index (χ4v) is 3.32. The Morgan fingerprint density at radius 3 is 3.14 bits per heavy atom. The number of amidine groups is 1.